The molecule has 170 valence electrons. The van der Waals surface area contributed by atoms with Gasteiger partial charge in [-0.1, -0.05) is 24.3 Å². The van der Waals surface area contributed by atoms with E-state index in [9.17, 15) is 0 Å². The summed E-state index contributed by atoms with van der Waals surface area (Å²) >= 11 is 0. The molecule has 0 bridgehead atoms. The summed E-state index contributed by atoms with van der Waals surface area (Å²) in [5.74, 6) is 0.571. The van der Waals surface area contributed by atoms with Gasteiger partial charge in [-0.25, -0.2) is 0 Å². The van der Waals surface area contributed by atoms with Crippen LogP contribution in [0, 0.1) is 0 Å². The highest BCUT2D eigenvalue weighted by Crippen LogP contribution is 2.35. The molecule has 0 aliphatic rings. The van der Waals surface area contributed by atoms with Gasteiger partial charge in [0, 0.05) is 42.4 Å². The first-order valence-corrected chi connectivity index (χ1v) is 11.0. The van der Waals surface area contributed by atoms with E-state index in [-0.39, 0.29) is 0 Å². The lowest BCUT2D eigenvalue weighted by Crippen LogP contribution is -2.08. The SMILES string of the molecule is CC=C/C=C(/c1ccoc1)c1cc(-c2n[nH]c3ccc(-c4cncc(N(C)C)c4)cc23)[nH]c1N. The molecule has 0 atom stereocenters. The fourth-order valence-corrected chi connectivity index (χ4v) is 4.00. The first-order chi connectivity index (χ1) is 16.5. The second-order valence-electron chi connectivity index (χ2n) is 8.29. The summed E-state index contributed by atoms with van der Waals surface area (Å²) in [6, 6.07) is 12.3. The van der Waals surface area contributed by atoms with Crippen molar-refractivity contribution in [3.63, 3.8) is 0 Å². The number of nitrogens with two attached hydrogens (primary N) is 1. The molecule has 0 fully saturated rings. The molecule has 4 N–H and O–H groups in total. The van der Waals surface area contributed by atoms with E-state index in [2.05, 4.69) is 38.4 Å². The smallest absolute Gasteiger partial charge is 0.116 e. The summed E-state index contributed by atoms with van der Waals surface area (Å²) in [5, 5.41) is 8.74. The first kappa shape index (κ1) is 21.3. The second kappa shape index (κ2) is 8.78. The number of benzene rings is 1. The summed E-state index contributed by atoms with van der Waals surface area (Å²) < 4.78 is 5.31. The van der Waals surface area contributed by atoms with E-state index in [0.29, 0.717) is 5.82 Å². The van der Waals surface area contributed by atoms with Gasteiger partial charge in [-0.05, 0) is 48.4 Å². The standard InChI is InChI=1S/C27H26N6O/c1-4-5-6-21(18-9-10-34-16-18)22-13-25(30-27(22)28)26-23-12-17(7-8-24(23)31-32-26)19-11-20(33(2)3)15-29-14-19/h4-16,30H,28H2,1-3H3,(H,31,32)/b5-4?,21-6-. The van der Waals surface area contributed by atoms with Gasteiger partial charge in [0.05, 0.1) is 35.6 Å². The van der Waals surface area contributed by atoms with Crippen LogP contribution in [0.2, 0.25) is 0 Å². The number of fused-ring (bicyclic) bond motifs is 1. The van der Waals surface area contributed by atoms with E-state index >= 15 is 0 Å². The fourth-order valence-electron chi connectivity index (χ4n) is 4.00. The van der Waals surface area contributed by atoms with Crippen LogP contribution in [0.5, 0.6) is 0 Å². The molecule has 34 heavy (non-hydrogen) atoms. The molecule has 0 unspecified atom stereocenters. The third-order valence-corrected chi connectivity index (χ3v) is 5.82. The van der Waals surface area contributed by atoms with E-state index < -0.39 is 0 Å². The van der Waals surface area contributed by atoms with E-state index in [1.165, 1.54) is 0 Å². The predicted octanol–water partition coefficient (Wildman–Crippen LogP) is 5.87. The fraction of sp³-hybridized carbons (Fsp3) is 0.111. The monoisotopic (exact) mass is 450 g/mol. The molecule has 7 nitrogen and oxygen atoms in total. The third-order valence-electron chi connectivity index (χ3n) is 5.82. The molecule has 4 heterocycles. The number of aromatic nitrogens is 4. The van der Waals surface area contributed by atoms with E-state index in [1.807, 2.05) is 74.7 Å². The average Bonchev–Trinajstić information content (AvgIpc) is 3.59. The van der Waals surface area contributed by atoms with Gasteiger partial charge in [0.25, 0.3) is 0 Å². The van der Waals surface area contributed by atoms with Crippen molar-refractivity contribution >= 4 is 28.0 Å². The zero-order chi connectivity index (χ0) is 23.7. The minimum Gasteiger partial charge on any atom is -0.472 e. The number of nitrogens with one attached hydrogen (secondary N) is 2. The predicted molar refractivity (Wildman–Crippen MR) is 138 cm³/mol. The van der Waals surface area contributed by atoms with E-state index in [4.69, 9.17) is 10.2 Å². The minimum atomic E-state index is 0.571. The number of H-pyrrole nitrogens is 2. The number of hydrogen-bond donors (Lipinski definition) is 3. The molecule has 0 saturated carbocycles. The van der Waals surface area contributed by atoms with Crippen LogP contribution in [0.4, 0.5) is 11.5 Å². The Morgan fingerprint density at radius 3 is 2.74 bits per heavy atom. The van der Waals surface area contributed by atoms with Gasteiger partial charge in [0.15, 0.2) is 0 Å². The molecule has 7 heteroatoms. The van der Waals surface area contributed by atoms with Crippen molar-refractivity contribution in [3.8, 4) is 22.5 Å². The van der Waals surface area contributed by atoms with Crippen LogP contribution in [0.3, 0.4) is 0 Å². The molecule has 0 radical (unpaired) electrons. The van der Waals surface area contributed by atoms with E-state index in [0.717, 1.165) is 55.8 Å². The molecule has 0 amide bonds. The molecule has 0 saturated heterocycles. The maximum Gasteiger partial charge on any atom is 0.116 e. The van der Waals surface area contributed by atoms with Crippen LogP contribution in [-0.4, -0.2) is 34.3 Å². The first-order valence-electron chi connectivity index (χ1n) is 11.0. The lowest BCUT2D eigenvalue weighted by Gasteiger charge is -2.13. The van der Waals surface area contributed by atoms with Crippen LogP contribution >= 0.6 is 0 Å². The largest absolute Gasteiger partial charge is 0.472 e. The Hall–Kier alpha value is -4.52. The van der Waals surface area contributed by atoms with Crippen molar-refractivity contribution in [1.29, 1.82) is 0 Å². The number of allylic oxidation sites excluding steroid dienone is 3. The number of rotatable bonds is 6. The number of pyridine rings is 1. The molecular weight excluding hydrogens is 424 g/mol. The topological polar surface area (TPSA) is 99.8 Å². The number of hydrogen-bond acceptors (Lipinski definition) is 5. The number of nitrogen functional groups attached to an aromatic ring is 1. The Balaban J connectivity index is 1.59. The van der Waals surface area contributed by atoms with Gasteiger partial charge in [-0.2, -0.15) is 5.10 Å². The van der Waals surface area contributed by atoms with Gasteiger partial charge in [0.1, 0.15) is 11.5 Å². The Labute approximate surface area is 197 Å². The summed E-state index contributed by atoms with van der Waals surface area (Å²) in [7, 11) is 4.02. The Kier molecular flexibility index (Phi) is 5.51. The zero-order valence-electron chi connectivity index (χ0n) is 19.3. The van der Waals surface area contributed by atoms with Crippen molar-refractivity contribution in [2.24, 2.45) is 0 Å². The molecule has 5 rings (SSSR count). The highest BCUT2D eigenvalue weighted by molar-refractivity contribution is 5.97. The normalized spacial score (nSPS) is 12.1. The highest BCUT2D eigenvalue weighted by Gasteiger charge is 2.17. The second-order valence-corrected chi connectivity index (χ2v) is 8.29. The number of anilines is 2. The molecule has 0 aliphatic carbocycles. The summed E-state index contributed by atoms with van der Waals surface area (Å²) in [6.45, 7) is 1.98. The number of furan rings is 1. The zero-order valence-corrected chi connectivity index (χ0v) is 19.3. The molecule has 0 spiro atoms. The average molecular weight is 451 g/mol. The van der Waals surface area contributed by atoms with Gasteiger partial charge in [-0.3, -0.25) is 10.1 Å². The summed E-state index contributed by atoms with van der Waals surface area (Å²) in [5.41, 5.74) is 15.0. The van der Waals surface area contributed by atoms with Crippen LogP contribution in [-0.2, 0) is 0 Å². The molecular formula is C27H26N6O. The van der Waals surface area contributed by atoms with Crippen molar-refractivity contribution in [3.05, 3.63) is 90.7 Å². The molecule has 1 aromatic carbocycles. The van der Waals surface area contributed by atoms with Crippen molar-refractivity contribution in [2.75, 3.05) is 24.7 Å². The van der Waals surface area contributed by atoms with Crippen LogP contribution in [0.1, 0.15) is 18.1 Å². The highest BCUT2D eigenvalue weighted by atomic mass is 16.3. The van der Waals surface area contributed by atoms with Crippen LogP contribution < -0.4 is 10.6 Å². The lowest BCUT2D eigenvalue weighted by atomic mass is 10.0. The van der Waals surface area contributed by atoms with Crippen molar-refractivity contribution < 1.29 is 4.42 Å². The van der Waals surface area contributed by atoms with Gasteiger partial charge >= 0.3 is 0 Å². The van der Waals surface area contributed by atoms with Gasteiger partial charge < -0.3 is 20.0 Å². The third kappa shape index (κ3) is 3.88. The lowest BCUT2D eigenvalue weighted by molar-refractivity contribution is 0.566. The minimum absolute atomic E-state index is 0.571. The summed E-state index contributed by atoms with van der Waals surface area (Å²) in [6.07, 6.45) is 13.1. The molecule has 4 aromatic heterocycles. The summed E-state index contributed by atoms with van der Waals surface area (Å²) in [4.78, 5) is 9.77. The molecule has 5 aromatic rings. The van der Waals surface area contributed by atoms with Crippen LogP contribution in [0.25, 0.3) is 39.0 Å². The Morgan fingerprint density at radius 2 is 1.97 bits per heavy atom. The Morgan fingerprint density at radius 1 is 1.09 bits per heavy atom. The van der Waals surface area contributed by atoms with Crippen molar-refractivity contribution in [2.45, 2.75) is 6.92 Å². The quantitative estimate of drug-likeness (QED) is 0.281. The maximum absolute atomic E-state index is 6.43. The van der Waals surface area contributed by atoms with Crippen molar-refractivity contribution in [1.82, 2.24) is 20.2 Å². The number of aromatic amines is 2. The van der Waals surface area contributed by atoms with Gasteiger partial charge in [-0.15, -0.1) is 0 Å². The van der Waals surface area contributed by atoms with Crippen LogP contribution in [0.15, 0.2) is 84.0 Å². The maximum atomic E-state index is 6.43. The van der Waals surface area contributed by atoms with E-state index in [1.54, 1.807) is 12.5 Å². The van der Waals surface area contributed by atoms with Gasteiger partial charge in [0.2, 0.25) is 0 Å². The molecule has 0 aliphatic heterocycles. The number of nitrogens with zero attached hydrogens (tertiary/aromatic N) is 3. The Bertz CT molecular complexity index is 1500.